The molecule has 110 valence electrons. The quantitative estimate of drug-likeness (QED) is 0.574. The van der Waals surface area contributed by atoms with Crippen molar-refractivity contribution in [3.63, 3.8) is 0 Å². The number of carbonyl (C=O) groups is 1. The molecule has 1 N–H and O–H groups in total. The van der Waals surface area contributed by atoms with Crippen LogP contribution in [0.25, 0.3) is 0 Å². The summed E-state index contributed by atoms with van der Waals surface area (Å²) in [7, 11) is 0. The Labute approximate surface area is 123 Å². The lowest BCUT2D eigenvalue weighted by atomic mass is 10.0. The van der Waals surface area contributed by atoms with Crippen LogP contribution in [0.1, 0.15) is 67.4 Å². The molecule has 1 atom stereocenters. The first-order valence-electron chi connectivity index (χ1n) is 8.11. The molecule has 0 fully saturated rings. The molecule has 2 heteroatoms. The number of ketones is 1. The van der Waals surface area contributed by atoms with Gasteiger partial charge in [0.25, 0.3) is 0 Å². The summed E-state index contributed by atoms with van der Waals surface area (Å²) in [5.41, 5.74) is 3.69. The predicted octanol–water partition coefficient (Wildman–Crippen LogP) is 3.92. The summed E-state index contributed by atoms with van der Waals surface area (Å²) in [4.78, 5) is 12.4. The number of hydrogen-bond donors (Lipinski definition) is 1. The molecule has 2 nitrogen and oxygen atoms in total. The van der Waals surface area contributed by atoms with Gasteiger partial charge in [0, 0.05) is 5.56 Å². The van der Waals surface area contributed by atoms with Gasteiger partial charge >= 0.3 is 0 Å². The fourth-order valence-electron chi connectivity index (χ4n) is 2.94. The third-order valence-corrected chi connectivity index (χ3v) is 4.26. The van der Waals surface area contributed by atoms with Crippen molar-refractivity contribution in [3.05, 3.63) is 34.9 Å². The summed E-state index contributed by atoms with van der Waals surface area (Å²) < 4.78 is 0. The van der Waals surface area contributed by atoms with Gasteiger partial charge in [0.15, 0.2) is 5.78 Å². The van der Waals surface area contributed by atoms with Crippen LogP contribution in [0.2, 0.25) is 0 Å². The standard InChI is InChI=1S/C18H27NO/c1-3-4-5-6-12-19-14(2)18(20)17-11-10-15-8-7-9-16(15)13-17/h10-11,13-14,19H,3-9,12H2,1-2H3. The number of aryl methyl sites for hydroxylation is 2. The lowest BCUT2D eigenvalue weighted by Crippen LogP contribution is -2.34. The first-order chi connectivity index (χ1) is 9.72. The van der Waals surface area contributed by atoms with Gasteiger partial charge in [0.05, 0.1) is 6.04 Å². The topological polar surface area (TPSA) is 29.1 Å². The first kappa shape index (κ1) is 15.2. The maximum absolute atomic E-state index is 12.4. The maximum Gasteiger partial charge on any atom is 0.179 e. The van der Waals surface area contributed by atoms with Crippen LogP contribution in [0.5, 0.6) is 0 Å². The van der Waals surface area contributed by atoms with Crippen molar-refractivity contribution in [2.75, 3.05) is 6.54 Å². The molecule has 0 aliphatic heterocycles. The molecular weight excluding hydrogens is 246 g/mol. The predicted molar refractivity (Wildman–Crippen MR) is 84.4 cm³/mol. The van der Waals surface area contributed by atoms with Crippen LogP contribution >= 0.6 is 0 Å². The minimum Gasteiger partial charge on any atom is -0.307 e. The van der Waals surface area contributed by atoms with Crippen molar-refractivity contribution < 1.29 is 4.79 Å². The van der Waals surface area contributed by atoms with Gasteiger partial charge in [-0.2, -0.15) is 0 Å². The van der Waals surface area contributed by atoms with E-state index in [-0.39, 0.29) is 11.8 Å². The first-order valence-corrected chi connectivity index (χ1v) is 8.11. The van der Waals surface area contributed by atoms with E-state index in [0.29, 0.717) is 0 Å². The molecule has 0 saturated heterocycles. The van der Waals surface area contributed by atoms with Crippen LogP contribution in [0.3, 0.4) is 0 Å². The summed E-state index contributed by atoms with van der Waals surface area (Å²) in [6.07, 6.45) is 8.50. The minimum absolute atomic E-state index is 0.0731. The number of fused-ring (bicyclic) bond motifs is 1. The van der Waals surface area contributed by atoms with Crippen LogP contribution < -0.4 is 5.32 Å². The van der Waals surface area contributed by atoms with E-state index in [1.165, 1.54) is 43.2 Å². The van der Waals surface area contributed by atoms with Gasteiger partial charge in [0.1, 0.15) is 0 Å². The molecule has 0 heterocycles. The summed E-state index contributed by atoms with van der Waals surface area (Å²) in [6, 6.07) is 6.18. The molecule has 0 bridgehead atoms. The highest BCUT2D eigenvalue weighted by Crippen LogP contribution is 2.23. The molecule has 1 aliphatic carbocycles. The fourth-order valence-corrected chi connectivity index (χ4v) is 2.94. The Kier molecular flexibility index (Phi) is 5.78. The van der Waals surface area contributed by atoms with E-state index < -0.39 is 0 Å². The van der Waals surface area contributed by atoms with E-state index in [4.69, 9.17) is 0 Å². The SMILES string of the molecule is CCCCCCNC(C)C(=O)c1ccc2c(c1)CCC2. The molecular formula is C18H27NO. The van der Waals surface area contributed by atoms with Gasteiger partial charge in [-0.3, -0.25) is 4.79 Å². The second-order valence-electron chi connectivity index (χ2n) is 5.94. The fraction of sp³-hybridized carbons (Fsp3) is 0.611. The Balaban J connectivity index is 1.84. The van der Waals surface area contributed by atoms with Crippen molar-refractivity contribution in [2.45, 2.75) is 64.8 Å². The van der Waals surface area contributed by atoms with Gasteiger partial charge < -0.3 is 5.32 Å². The average molecular weight is 273 g/mol. The Morgan fingerprint density at radius 2 is 2.00 bits per heavy atom. The third kappa shape index (κ3) is 3.92. The number of hydrogen-bond acceptors (Lipinski definition) is 2. The Morgan fingerprint density at radius 1 is 1.20 bits per heavy atom. The molecule has 20 heavy (non-hydrogen) atoms. The molecule has 0 amide bonds. The lowest BCUT2D eigenvalue weighted by molar-refractivity contribution is 0.0951. The summed E-state index contributed by atoms with van der Waals surface area (Å²) in [5, 5.41) is 3.36. The van der Waals surface area contributed by atoms with Gasteiger partial charge in [-0.15, -0.1) is 0 Å². The number of benzene rings is 1. The zero-order valence-electron chi connectivity index (χ0n) is 12.9. The number of Topliss-reactive ketones (excluding diaryl/α,β-unsaturated/α-hetero) is 1. The average Bonchev–Trinajstić information content (AvgIpc) is 2.93. The van der Waals surface area contributed by atoms with Crippen molar-refractivity contribution in [1.82, 2.24) is 5.32 Å². The number of rotatable bonds is 8. The number of unbranched alkanes of at least 4 members (excludes halogenated alkanes) is 3. The molecule has 1 unspecified atom stereocenters. The smallest absolute Gasteiger partial charge is 0.179 e. The molecule has 1 aromatic rings. The van der Waals surface area contributed by atoms with Crippen molar-refractivity contribution in [3.8, 4) is 0 Å². The highest BCUT2D eigenvalue weighted by Gasteiger charge is 2.17. The molecule has 0 saturated carbocycles. The molecule has 0 spiro atoms. The van der Waals surface area contributed by atoms with E-state index >= 15 is 0 Å². The minimum atomic E-state index is -0.0731. The van der Waals surface area contributed by atoms with E-state index in [1.54, 1.807) is 0 Å². The zero-order chi connectivity index (χ0) is 14.4. The van der Waals surface area contributed by atoms with Crippen molar-refractivity contribution >= 4 is 5.78 Å². The lowest BCUT2D eigenvalue weighted by Gasteiger charge is -2.13. The molecule has 0 radical (unpaired) electrons. The van der Waals surface area contributed by atoms with Crippen LogP contribution in [-0.2, 0) is 12.8 Å². The van der Waals surface area contributed by atoms with Gasteiger partial charge in [-0.1, -0.05) is 38.3 Å². The highest BCUT2D eigenvalue weighted by molar-refractivity contribution is 6.00. The van der Waals surface area contributed by atoms with Crippen LogP contribution in [-0.4, -0.2) is 18.4 Å². The summed E-state index contributed by atoms with van der Waals surface area (Å²) in [6.45, 7) is 5.14. The second kappa shape index (κ2) is 7.58. The molecule has 1 aliphatic rings. The number of nitrogens with one attached hydrogen (secondary N) is 1. The maximum atomic E-state index is 12.4. The monoisotopic (exact) mass is 273 g/mol. The van der Waals surface area contributed by atoms with E-state index in [0.717, 1.165) is 24.9 Å². The van der Waals surface area contributed by atoms with Gasteiger partial charge in [0.2, 0.25) is 0 Å². The van der Waals surface area contributed by atoms with E-state index in [1.807, 2.05) is 13.0 Å². The van der Waals surface area contributed by atoms with Gasteiger partial charge in [-0.05, 0) is 56.3 Å². The Morgan fingerprint density at radius 3 is 2.80 bits per heavy atom. The van der Waals surface area contributed by atoms with Crippen molar-refractivity contribution in [2.24, 2.45) is 0 Å². The zero-order valence-corrected chi connectivity index (χ0v) is 12.9. The van der Waals surface area contributed by atoms with Crippen molar-refractivity contribution in [1.29, 1.82) is 0 Å². The summed E-state index contributed by atoms with van der Waals surface area (Å²) in [5.74, 6) is 0.232. The Bertz CT molecular complexity index is 453. The van der Waals surface area contributed by atoms with Crippen LogP contribution in [0.15, 0.2) is 18.2 Å². The normalized spacial score (nSPS) is 15.1. The molecule has 1 aromatic carbocycles. The van der Waals surface area contributed by atoms with E-state index in [2.05, 4.69) is 24.4 Å². The molecule has 0 aromatic heterocycles. The van der Waals surface area contributed by atoms with Gasteiger partial charge in [-0.25, -0.2) is 0 Å². The Hall–Kier alpha value is -1.15. The van der Waals surface area contributed by atoms with Crippen LogP contribution in [0.4, 0.5) is 0 Å². The second-order valence-corrected chi connectivity index (χ2v) is 5.94. The summed E-state index contributed by atoms with van der Waals surface area (Å²) >= 11 is 0. The largest absolute Gasteiger partial charge is 0.307 e. The highest BCUT2D eigenvalue weighted by atomic mass is 16.1. The van der Waals surface area contributed by atoms with Crippen LogP contribution in [0, 0.1) is 0 Å². The number of carbonyl (C=O) groups excluding carboxylic acids is 1. The van der Waals surface area contributed by atoms with E-state index in [9.17, 15) is 4.79 Å². The molecule has 2 rings (SSSR count). The third-order valence-electron chi connectivity index (χ3n) is 4.26.